The number of nitrogens with one attached hydrogen (secondary N) is 1. The van der Waals surface area contributed by atoms with E-state index >= 15 is 0 Å². The Morgan fingerprint density at radius 2 is 2.32 bits per heavy atom. The van der Waals surface area contributed by atoms with E-state index in [2.05, 4.69) is 11.4 Å². The number of benzene rings is 1. The van der Waals surface area contributed by atoms with Crippen molar-refractivity contribution in [3.05, 3.63) is 23.8 Å². The molecule has 1 fully saturated rings. The van der Waals surface area contributed by atoms with Crippen LogP contribution in [0.4, 0.5) is 0 Å². The van der Waals surface area contributed by atoms with E-state index in [1.54, 1.807) is 7.11 Å². The minimum atomic E-state index is 0.347. The summed E-state index contributed by atoms with van der Waals surface area (Å²) in [6.45, 7) is 3.06. The molecule has 5 nitrogen and oxygen atoms in total. The number of ether oxygens (including phenoxy) is 3. The lowest BCUT2D eigenvalue weighted by Gasteiger charge is -2.14. The normalized spacial score (nSPS) is 17.2. The Bertz CT molecular complexity index is 493. The molecule has 0 aromatic heterocycles. The van der Waals surface area contributed by atoms with Crippen molar-refractivity contribution in [2.45, 2.75) is 38.3 Å². The third-order valence-electron chi connectivity index (χ3n) is 3.64. The van der Waals surface area contributed by atoms with Crippen molar-refractivity contribution in [3.63, 3.8) is 0 Å². The van der Waals surface area contributed by atoms with Crippen molar-refractivity contribution < 1.29 is 14.2 Å². The van der Waals surface area contributed by atoms with Gasteiger partial charge in [-0.2, -0.15) is 5.26 Å². The maximum Gasteiger partial charge on any atom is 0.161 e. The van der Waals surface area contributed by atoms with Gasteiger partial charge >= 0.3 is 0 Å². The number of rotatable bonds is 9. The van der Waals surface area contributed by atoms with E-state index in [4.69, 9.17) is 19.5 Å². The molecule has 1 heterocycles. The Balaban J connectivity index is 1.83. The Labute approximate surface area is 132 Å². The molecule has 1 aromatic rings. The van der Waals surface area contributed by atoms with Gasteiger partial charge in [-0.05, 0) is 37.0 Å². The quantitative estimate of drug-likeness (QED) is 0.711. The smallest absolute Gasteiger partial charge is 0.161 e. The monoisotopic (exact) mass is 304 g/mol. The Hall–Kier alpha value is -1.77. The molecule has 1 aliphatic rings. The average molecular weight is 304 g/mol. The maximum absolute atomic E-state index is 8.55. The fraction of sp³-hybridized carbons (Fsp3) is 0.588. The lowest BCUT2D eigenvalue weighted by molar-refractivity contribution is 0.110. The lowest BCUT2D eigenvalue weighted by Crippen LogP contribution is -2.25. The van der Waals surface area contributed by atoms with Crippen molar-refractivity contribution in [3.8, 4) is 17.6 Å². The number of hydrogen-bond acceptors (Lipinski definition) is 5. The fourth-order valence-electron chi connectivity index (χ4n) is 2.46. The molecule has 0 saturated carbocycles. The van der Waals surface area contributed by atoms with Crippen LogP contribution in [0.5, 0.6) is 11.5 Å². The molecule has 1 unspecified atom stereocenters. The minimum absolute atomic E-state index is 0.347. The summed E-state index contributed by atoms with van der Waals surface area (Å²) in [5.74, 6) is 1.46. The van der Waals surface area contributed by atoms with Crippen LogP contribution in [-0.2, 0) is 11.3 Å². The first kappa shape index (κ1) is 16.6. The van der Waals surface area contributed by atoms with Gasteiger partial charge in [0.25, 0.3) is 0 Å². The number of unbranched alkanes of at least 4 members (excludes halogenated alkanes) is 1. The van der Waals surface area contributed by atoms with Gasteiger partial charge in [0, 0.05) is 26.1 Å². The van der Waals surface area contributed by atoms with Crippen molar-refractivity contribution in [2.75, 3.05) is 26.9 Å². The van der Waals surface area contributed by atoms with Crippen LogP contribution in [0.25, 0.3) is 0 Å². The largest absolute Gasteiger partial charge is 0.493 e. The van der Waals surface area contributed by atoms with Gasteiger partial charge in [0.05, 0.1) is 25.9 Å². The van der Waals surface area contributed by atoms with Crippen molar-refractivity contribution in [1.29, 1.82) is 5.26 Å². The van der Waals surface area contributed by atoms with Crippen LogP contribution < -0.4 is 14.8 Å². The molecular formula is C17H24N2O3. The molecule has 5 heteroatoms. The molecule has 1 N–H and O–H groups in total. The van der Waals surface area contributed by atoms with E-state index in [-0.39, 0.29) is 0 Å². The summed E-state index contributed by atoms with van der Waals surface area (Å²) in [5, 5.41) is 12.0. The van der Waals surface area contributed by atoms with Gasteiger partial charge in [-0.3, -0.25) is 0 Å². The highest BCUT2D eigenvalue weighted by molar-refractivity contribution is 5.42. The molecule has 0 radical (unpaired) electrons. The second-order valence-corrected chi connectivity index (χ2v) is 5.36. The molecule has 120 valence electrons. The lowest BCUT2D eigenvalue weighted by atomic mass is 10.2. The van der Waals surface area contributed by atoms with Gasteiger partial charge in [-0.25, -0.2) is 0 Å². The van der Waals surface area contributed by atoms with Crippen LogP contribution in [0, 0.1) is 11.3 Å². The highest BCUT2D eigenvalue weighted by Crippen LogP contribution is 2.28. The first-order chi connectivity index (χ1) is 10.8. The number of nitrogens with zero attached hydrogens (tertiary/aromatic N) is 1. The first-order valence-corrected chi connectivity index (χ1v) is 7.82. The molecule has 0 amide bonds. The fourth-order valence-corrected chi connectivity index (χ4v) is 2.46. The Kier molecular flexibility index (Phi) is 7.01. The first-order valence-electron chi connectivity index (χ1n) is 7.82. The van der Waals surface area contributed by atoms with E-state index in [1.165, 1.54) is 0 Å². The van der Waals surface area contributed by atoms with Gasteiger partial charge < -0.3 is 19.5 Å². The molecule has 0 bridgehead atoms. The summed E-state index contributed by atoms with van der Waals surface area (Å²) in [7, 11) is 1.63. The third kappa shape index (κ3) is 5.21. The molecule has 22 heavy (non-hydrogen) atoms. The zero-order valence-electron chi connectivity index (χ0n) is 13.1. The Morgan fingerprint density at radius 1 is 1.41 bits per heavy atom. The molecule has 1 aromatic carbocycles. The predicted molar refractivity (Wildman–Crippen MR) is 84.0 cm³/mol. The van der Waals surface area contributed by atoms with Gasteiger partial charge in [0.15, 0.2) is 11.5 Å². The standard InChI is InChI=1S/C17H24N2O3/c1-20-16-7-6-14(11-17(16)22-9-3-2-8-18)12-19-13-15-5-4-10-21-15/h6-7,11,15,19H,2-5,9-10,12-13H2,1H3. The summed E-state index contributed by atoms with van der Waals surface area (Å²) >= 11 is 0. The van der Waals surface area contributed by atoms with Crippen molar-refractivity contribution >= 4 is 0 Å². The van der Waals surface area contributed by atoms with Gasteiger partial charge in [0.2, 0.25) is 0 Å². The Morgan fingerprint density at radius 3 is 3.05 bits per heavy atom. The van der Waals surface area contributed by atoms with E-state index in [9.17, 15) is 0 Å². The van der Waals surface area contributed by atoms with Crippen LogP contribution >= 0.6 is 0 Å². The van der Waals surface area contributed by atoms with Crippen LogP contribution in [-0.4, -0.2) is 33.0 Å². The molecule has 0 spiro atoms. The van der Waals surface area contributed by atoms with Crippen LogP contribution in [0.1, 0.15) is 31.2 Å². The van der Waals surface area contributed by atoms with Gasteiger partial charge in [-0.15, -0.1) is 0 Å². The molecule has 1 aliphatic heterocycles. The van der Waals surface area contributed by atoms with E-state index < -0.39 is 0 Å². The highest BCUT2D eigenvalue weighted by atomic mass is 16.5. The summed E-state index contributed by atoms with van der Waals surface area (Å²) in [6, 6.07) is 8.06. The molecule has 1 atom stereocenters. The summed E-state index contributed by atoms with van der Waals surface area (Å²) < 4.78 is 16.6. The topological polar surface area (TPSA) is 63.5 Å². The van der Waals surface area contributed by atoms with Crippen molar-refractivity contribution in [1.82, 2.24) is 5.32 Å². The molecule has 2 rings (SSSR count). The van der Waals surface area contributed by atoms with E-state index in [1.807, 2.05) is 18.2 Å². The second-order valence-electron chi connectivity index (χ2n) is 5.36. The predicted octanol–water partition coefficient (Wildman–Crippen LogP) is 2.65. The third-order valence-corrected chi connectivity index (χ3v) is 3.64. The van der Waals surface area contributed by atoms with E-state index in [0.29, 0.717) is 19.1 Å². The summed E-state index contributed by atoms with van der Waals surface area (Å²) in [5.41, 5.74) is 1.15. The van der Waals surface area contributed by atoms with Gasteiger partial charge in [0.1, 0.15) is 0 Å². The molecule has 0 aliphatic carbocycles. The van der Waals surface area contributed by atoms with Crippen molar-refractivity contribution in [2.24, 2.45) is 0 Å². The van der Waals surface area contributed by atoms with Crippen LogP contribution in [0.2, 0.25) is 0 Å². The SMILES string of the molecule is COc1ccc(CNCC2CCCO2)cc1OCCCC#N. The minimum Gasteiger partial charge on any atom is -0.493 e. The summed E-state index contributed by atoms with van der Waals surface area (Å²) in [6.07, 6.45) is 3.88. The zero-order chi connectivity index (χ0) is 15.6. The van der Waals surface area contributed by atoms with Crippen LogP contribution in [0.3, 0.4) is 0 Å². The van der Waals surface area contributed by atoms with Gasteiger partial charge in [-0.1, -0.05) is 6.07 Å². The average Bonchev–Trinajstić information content (AvgIpc) is 3.05. The second kappa shape index (κ2) is 9.29. The maximum atomic E-state index is 8.55. The van der Waals surface area contributed by atoms with E-state index in [0.717, 1.165) is 56.0 Å². The number of methoxy groups -OCH3 is 1. The number of hydrogen-bond donors (Lipinski definition) is 1. The highest BCUT2D eigenvalue weighted by Gasteiger charge is 2.14. The molecule has 1 saturated heterocycles. The van der Waals surface area contributed by atoms with Crippen LogP contribution in [0.15, 0.2) is 18.2 Å². The molecular weight excluding hydrogens is 280 g/mol. The zero-order valence-corrected chi connectivity index (χ0v) is 13.1. The number of nitriles is 1. The summed E-state index contributed by atoms with van der Waals surface area (Å²) in [4.78, 5) is 0.